The summed E-state index contributed by atoms with van der Waals surface area (Å²) in [5, 5.41) is 2.54. The molecule has 1 nitrogen and oxygen atoms in total. The molecule has 0 radical (unpaired) electrons. The van der Waals surface area contributed by atoms with Gasteiger partial charge in [-0.2, -0.15) is 0 Å². The van der Waals surface area contributed by atoms with E-state index in [-0.39, 0.29) is 5.41 Å². The highest BCUT2D eigenvalue weighted by Gasteiger charge is 2.47. The summed E-state index contributed by atoms with van der Waals surface area (Å²) >= 11 is 0. The first-order valence-corrected chi connectivity index (χ1v) is 22.1. The van der Waals surface area contributed by atoms with Crippen molar-refractivity contribution in [1.29, 1.82) is 0 Å². The summed E-state index contributed by atoms with van der Waals surface area (Å²) in [4.78, 5) is 2.57. The molecule has 10 aromatic rings. The van der Waals surface area contributed by atoms with Gasteiger partial charge in [-0.1, -0.05) is 220 Å². The Bertz CT molecular complexity index is 3320. The minimum absolute atomic E-state index is 0.199. The van der Waals surface area contributed by atoms with Crippen LogP contribution in [0.15, 0.2) is 237 Å². The molecule has 0 aromatic heterocycles. The molecule has 0 aliphatic heterocycles. The first kappa shape index (κ1) is 37.1. The minimum atomic E-state index is -0.539. The van der Waals surface area contributed by atoms with Crippen molar-refractivity contribution in [3.63, 3.8) is 0 Å². The summed E-state index contributed by atoms with van der Waals surface area (Å²) in [5.41, 5.74) is 20.4. The van der Waals surface area contributed by atoms with E-state index in [9.17, 15) is 0 Å². The third kappa shape index (κ3) is 5.56. The Morgan fingerprint density at radius 3 is 1.67 bits per heavy atom. The van der Waals surface area contributed by atoms with Crippen LogP contribution in [0.3, 0.4) is 0 Å². The lowest BCUT2D eigenvalue weighted by Crippen LogP contribution is -2.28. The highest BCUT2D eigenvalue weighted by atomic mass is 15.1. The van der Waals surface area contributed by atoms with Gasteiger partial charge in [-0.25, -0.2) is 0 Å². The van der Waals surface area contributed by atoms with E-state index in [1.165, 1.54) is 94.3 Å². The molecule has 1 heteroatoms. The summed E-state index contributed by atoms with van der Waals surface area (Å²) in [6, 6.07) is 87.9. The van der Waals surface area contributed by atoms with E-state index < -0.39 is 5.41 Å². The summed E-state index contributed by atoms with van der Waals surface area (Å²) in [6.45, 7) is 4.79. The van der Waals surface area contributed by atoms with E-state index in [2.05, 4.69) is 255 Å². The number of anilines is 3. The predicted molar refractivity (Wildman–Crippen MR) is 264 cm³/mol. The second-order valence-electron chi connectivity index (χ2n) is 17.6. The third-order valence-corrected chi connectivity index (χ3v) is 13.9. The normalized spacial score (nSPS) is 13.8. The van der Waals surface area contributed by atoms with Gasteiger partial charge in [-0.3, -0.25) is 0 Å². The molecule has 10 aromatic carbocycles. The van der Waals surface area contributed by atoms with Crippen LogP contribution in [0.5, 0.6) is 0 Å². The molecule has 2 aliphatic carbocycles. The van der Waals surface area contributed by atoms with Gasteiger partial charge < -0.3 is 4.90 Å². The Morgan fingerprint density at radius 2 is 0.889 bits per heavy atom. The number of hydrogen-bond donors (Lipinski definition) is 0. The molecule has 0 atom stereocenters. The average molecular weight is 804 g/mol. The van der Waals surface area contributed by atoms with Crippen LogP contribution in [-0.4, -0.2) is 0 Å². The minimum Gasteiger partial charge on any atom is -0.309 e. The van der Waals surface area contributed by atoms with E-state index in [0.29, 0.717) is 0 Å². The fourth-order valence-electron chi connectivity index (χ4n) is 11.1. The number of hydrogen-bond acceptors (Lipinski definition) is 1. The molecule has 0 N–H and O–H groups in total. The van der Waals surface area contributed by atoms with Gasteiger partial charge in [0.2, 0.25) is 0 Å². The van der Waals surface area contributed by atoms with E-state index in [0.717, 1.165) is 11.4 Å². The van der Waals surface area contributed by atoms with Crippen molar-refractivity contribution >= 4 is 27.8 Å². The second kappa shape index (κ2) is 14.4. The zero-order valence-corrected chi connectivity index (χ0v) is 35.5. The fourth-order valence-corrected chi connectivity index (χ4v) is 11.1. The highest BCUT2D eigenvalue weighted by molar-refractivity contribution is 6.08. The molecule has 0 saturated heterocycles. The molecular formula is C62H45N. The van der Waals surface area contributed by atoms with Crippen molar-refractivity contribution in [1.82, 2.24) is 0 Å². The van der Waals surface area contributed by atoms with Crippen LogP contribution in [0, 0.1) is 0 Å². The Hall–Kier alpha value is -7.74. The van der Waals surface area contributed by atoms with Gasteiger partial charge in [0.25, 0.3) is 0 Å². The summed E-state index contributed by atoms with van der Waals surface area (Å²) in [7, 11) is 0. The van der Waals surface area contributed by atoms with Crippen LogP contribution in [0.1, 0.15) is 47.2 Å². The van der Waals surface area contributed by atoms with Crippen molar-refractivity contribution in [2.24, 2.45) is 0 Å². The van der Waals surface area contributed by atoms with Crippen LogP contribution in [-0.2, 0) is 10.8 Å². The van der Waals surface area contributed by atoms with Crippen molar-refractivity contribution in [2.75, 3.05) is 4.90 Å². The summed E-state index contributed by atoms with van der Waals surface area (Å²) in [5.74, 6) is 0. The van der Waals surface area contributed by atoms with E-state index in [4.69, 9.17) is 0 Å². The standard InChI is InChI=1S/C62H45N/c1-61(2)54-33-19-35-58(60(54)59-50-30-13-12-22-43(50)36-39-55(59)61)63(57-34-17-15-29-49(57)45-24-18-23-44(40-45)42-20-6-3-7-21-42)48-37-38-52-51-31-14-16-32-53(51)62(56(52)41-48,46-25-8-4-9-26-46)47-27-10-5-11-28-47/h3-41H,1-2H3. The third-order valence-electron chi connectivity index (χ3n) is 13.9. The molecule has 0 heterocycles. The topological polar surface area (TPSA) is 3.24 Å². The van der Waals surface area contributed by atoms with Crippen LogP contribution >= 0.6 is 0 Å². The molecule has 12 rings (SSSR count). The largest absolute Gasteiger partial charge is 0.309 e. The Balaban J connectivity index is 1.17. The average Bonchev–Trinajstić information content (AvgIpc) is 3.78. The lowest BCUT2D eigenvalue weighted by molar-refractivity contribution is 0.661. The molecule has 0 saturated carbocycles. The molecule has 0 amide bonds. The Morgan fingerprint density at radius 1 is 0.333 bits per heavy atom. The van der Waals surface area contributed by atoms with Crippen molar-refractivity contribution in [3.8, 4) is 44.5 Å². The maximum atomic E-state index is 2.57. The maximum Gasteiger partial charge on any atom is 0.0714 e. The van der Waals surface area contributed by atoms with E-state index in [1.54, 1.807) is 0 Å². The molecular weight excluding hydrogens is 759 g/mol. The number of benzene rings is 10. The van der Waals surface area contributed by atoms with Gasteiger partial charge in [0.1, 0.15) is 0 Å². The first-order chi connectivity index (χ1) is 31.0. The predicted octanol–water partition coefficient (Wildman–Crippen LogP) is 16.3. The lowest BCUT2D eigenvalue weighted by Gasteiger charge is -2.35. The van der Waals surface area contributed by atoms with Gasteiger partial charge >= 0.3 is 0 Å². The quantitative estimate of drug-likeness (QED) is 0.155. The smallest absolute Gasteiger partial charge is 0.0714 e. The maximum absolute atomic E-state index is 2.57. The first-order valence-electron chi connectivity index (χ1n) is 22.1. The van der Waals surface area contributed by atoms with Gasteiger partial charge in [0.05, 0.1) is 16.8 Å². The Kier molecular flexibility index (Phi) is 8.49. The SMILES string of the molecule is CC1(C)c2cccc(N(c3ccc4c(c3)C(c3ccccc3)(c3ccccc3)c3ccccc3-4)c3ccccc3-c3cccc(-c4ccccc4)c3)c2-c2c1ccc1ccccc21. The molecule has 0 fully saturated rings. The monoisotopic (exact) mass is 803 g/mol. The summed E-state index contributed by atoms with van der Waals surface area (Å²) < 4.78 is 0. The number of para-hydroxylation sites is 1. The van der Waals surface area contributed by atoms with Crippen LogP contribution < -0.4 is 4.90 Å². The zero-order valence-electron chi connectivity index (χ0n) is 35.5. The molecule has 63 heavy (non-hydrogen) atoms. The number of fused-ring (bicyclic) bond motifs is 8. The van der Waals surface area contributed by atoms with Crippen molar-refractivity contribution in [2.45, 2.75) is 24.7 Å². The number of rotatable bonds is 7. The van der Waals surface area contributed by atoms with Crippen molar-refractivity contribution in [3.05, 3.63) is 270 Å². The molecule has 0 unspecified atom stereocenters. The fraction of sp³-hybridized carbons (Fsp3) is 0.0645. The van der Waals surface area contributed by atoms with E-state index in [1.807, 2.05) is 0 Å². The zero-order chi connectivity index (χ0) is 42.1. The lowest BCUT2D eigenvalue weighted by atomic mass is 9.67. The van der Waals surface area contributed by atoms with Gasteiger partial charge in [-0.15, -0.1) is 0 Å². The van der Waals surface area contributed by atoms with Gasteiger partial charge in [-0.05, 0) is 108 Å². The van der Waals surface area contributed by atoms with Crippen LogP contribution in [0.2, 0.25) is 0 Å². The van der Waals surface area contributed by atoms with Crippen LogP contribution in [0.4, 0.5) is 17.1 Å². The molecule has 298 valence electrons. The molecule has 0 bridgehead atoms. The summed E-state index contributed by atoms with van der Waals surface area (Å²) in [6.07, 6.45) is 0. The van der Waals surface area contributed by atoms with Crippen molar-refractivity contribution < 1.29 is 0 Å². The van der Waals surface area contributed by atoms with E-state index >= 15 is 0 Å². The Labute approximate surface area is 370 Å². The van der Waals surface area contributed by atoms with Crippen LogP contribution in [0.25, 0.3) is 55.3 Å². The molecule has 0 spiro atoms. The number of nitrogens with zero attached hydrogens (tertiary/aromatic N) is 1. The molecule has 2 aliphatic rings. The van der Waals surface area contributed by atoms with Gasteiger partial charge in [0.15, 0.2) is 0 Å². The second-order valence-corrected chi connectivity index (χ2v) is 17.6. The van der Waals surface area contributed by atoms with Gasteiger partial charge in [0, 0.05) is 22.2 Å². The highest BCUT2D eigenvalue weighted by Crippen LogP contribution is 2.60.